The van der Waals surface area contributed by atoms with Crippen LogP contribution in [0, 0.1) is 6.92 Å². The zero-order valence-corrected chi connectivity index (χ0v) is 21.9. The van der Waals surface area contributed by atoms with Crippen LogP contribution in [0.5, 0.6) is 11.5 Å². The van der Waals surface area contributed by atoms with Gasteiger partial charge >= 0.3 is 12.3 Å². The summed E-state index contributed by atoms with van der Waals surface area (Å²) in [4.78, 5) is 12.2. The first kappa shape index (κ1) is 27.5. The van der Waals surface area contributed by atoms with E-state index in [-0.39, 0.29) is 13.0 Å². The average Bonchev–Trinajstić information content (AvgIpc) is 3.12. The van der Waals surface area contributed by atoms with Gasteiger partial charge in [0.1, 0.15) is 11.5 Å². The van der Waals surface area contributed by atoms with Crippen LogP contribution in [0.2, 0.25) is 5.02 Å². The number of benzene rings is 3. The zero-order chi connectivity index (χ0) is 27.6. The standard InChI is InChI=1S/C27H23ClF3NO5S/c1-3-24(26(33)34)36-19-6-4-5-17(13-19)15-32-16(2)25(38(35)21-10-7-18(28)8-11-21)22-14-20(9-12-23(22)32)37-27(29,30)31/h4-14,24H,3,15H2,1-2H3,(H,33,34)/t24-,38?/m1/s1. The van der Waals surface area contributed by atoms with Gasteiger partial charge in [-0.2, -0.15) is 0 Å². The minimum absolute atomic E-state index is 0.265. The Morgan fingerprint density at radius 3 is 2.42 bits per heavy atom. The van der Waals surface area contributed by atoms with Crippen molar-refractivity contribution in [1.82, 2.24) is 4.57 Å². The van der Waals surface area contributed by atoms with Crippen molar-refractivity contribution >= 4 is 39.3 Å². The summed E-state index contributed by atoms with van der Waals surface area (Å²) in [6.07, 6.45) is -5.60. The van der Waals surface area contributed by atoms with Gasteiger partial charge in [0.15, 0.2) is 6.10 Å². The van der Waals surface area contributed by atoms with E-state index < -0.39 is 35.0 Å². The lowest BCUT2D eigenvalue weighted by Gasteiger charge is -2.15. The van der Waals surface area contributed by atoms with Gasteiger partial charge in [0.25, 0.3) is 0 Å². The van der Waals surface area contributed by atoms with E-state index in [1.165, 1.54) is 18.2 Å². The number of rotatable bonds is 9. The fourth-order valence-corrected chi connectivity index (χ4v) is 5.60. The van der Waals surface area contributed by atoms with Gasteiger partial charge in [-0.3, -0.25) is 0 Å². The van der Waals surface area contributed by atoms with Crippen LogP contribution in [-0.4, -0.2) is 32.3 Å². The molecule has 4 rings (SSSR count). The number of hydrogen-bond donors (Lipinski definition) is 1. The summed E-state index contributed by atoms with van der Waals surface area (Å²) in [6, 6.07) is 17.2. The second-order valence-electron chi connectivity index (χ2n) is 8.45. The maximum atomic E-state index is 13.6. The second-order valence-corrected chi connectivity index (χ2v) is 10.3. The van der Waals surface area contributed by atoms with Crippen LogP contribution in [0.3, 0.4) is 0 Å². The lowest BCUT2D eigenvalue weighted by atomic mass is 10.2. The predicted molar refractivity (Wildman–Crippen MR) is 137 cm³/mol. The Balaban J connectivity index is 1.79. The van der Waals surface area contributed by atoms with E-state index in [1.807, 2.05) is 10.6 Å². The molecule has 200 valence electrons. The normalized spacial score (nSPS) is 13.3. The molecular formula is C27H23ClF3NO5S. The van der Waals surface area contributed by atoms with Crippen molar-refractivity contribution < 1.29 is 36.8 Å². The van der Waals surface area contributed by atoms with E-state index in [1.54, 1.807) is 56.3 Å². The van der Waals surface area contributed by atoms with Crippen molar-refractivity contribution in [3.05, 3.63) is 83.0 Å². The molecule has 0 bridgehead atoms. The summed E-state index contributed by atoms with van der Waals surface area (Å²) in [6.45, 7) is 3.71. The number of hydrogen-bond acceptors (Lipinski definition) is 4. The number of fused-ring (bicyclic) bond motifs is 1. The molecule has 2 atom stereocenters. The van der Waals surface area contributed by atoms with Crippen LogP contribution in [0.15, 0.2) is 76.5 Å². The third kappa shape index (κ3) is 6.14. The number of nitrogens with zero attached hydrogens (tertiary/aromatic N) is 1. The first-order valence-corrected chi connectivity index (χ1v) is 13.0. The van der Waals surface area contributed by atoms with E-state index in [2.05, 4.69) is 4.74 Å². The molecule has 0 aliphatic rings. The van der Waals surface area contributed by atoms with Crippen molar-refractivity contribution in [2.75, 3.05) is 0 Å². The first-order chi connectivity index (χ1) is 18.0. The van der Waals surface area contributed by atoms with E-state index in [9.17, 15) is 27.3 Å². The highest BCUT2D eigenvalue weighted by Crippen LogP contribution is 2.36. The SMILES string of the molecule is CC[C@@H](Oc1cccc(Cn2c(C)c(S(=O)c3ccc(Cl)cc3)c3cc(OC(F)(F)F)ccc32)c1)C(=O)O. The molecule has 11 heteroatoms. The predicted octanol–water partition coefficient (Wildman–Crippen LogP) is 6.96. The van der Waals surface area contributed by atoms with Gasteiger partial charge in [0.2, 0.25) is 0 Å². The maximum Gasteiger partial charge on any atom is 0.573 e. The number of halogens is 4. The largest absolute Gasteiger partial charge is 0.573 e. The fraction of sp³-hybridized carbons (Fsp3) is 0.222. The fourth-order valence-electron chi connectivity index (χ4n) is 4.11. The van der Waals surface area contributed by atoms with Crippen molar-refractivity contribution in [2.45, 2.75) is 49.1 Å². The van der Waals surface area contributed by atoms with E-state index >= 15 is 0 Å². The summed E-state index contributed by atoms with van der Waals surface area (Å²) in [5.74, 6) is -1.13. The molecule has 0 aliphatic heterocycles. The number of ether oxygens (including phenoxy) is 2. The monoisotopic (exact) mass is 565 g/mol. The summed E-state index contributed by atoms with van der Waals surface area (Å²) >= 11 is 5.97. The van der Waals surface area contributed by atoms with Crippen molar-refractivity contribution in [1.29, 1.82) is 0 Å². The van der Waals surface area contributed by atoms with Crippen molar-refractivity contribution in [3.8, 4) is 11.5 Å². The molecular weight excluding hydrogens is 543 g/mol. The zero-order valence-electron chi connectivity index (χ0n) is 20.3. The molecule has 38 heavy (non-hydrogen) atoms. The molecule has 1 unspecified atom stereocenters. The van der Waals surface area contributed by atoms with E-state index in [0.717, 1.165) is 5.56 Å². The third-order valence-corrected chi connectivity index (χ3v) is 7.69. The summed E-state index contributed by atoms with van der Waals surface area (Å²) in [7, 11) is -1.73. The molecule has 6 nitrogen and oxygen atoms in total. The Morgan fingerprint density at radius 1 is 1.08 bits per heavy atom. The van der Waals surface area contributed by atoms with Crippen LogP contribution in [-0.2, 0) is 22.1 Å². The minimum Gasteiger partial charge on any atom is -0.479 e. The van der Waals surface area contributed by atoms with Crippen molar-refractivity contribution in [3.63, 3.8) is 0 Å². The summed E-state index contributed by atoms with van der Waals surface area (Å²) in [5.41, 5.74) is 1.89. The van der Waals surface area contributed by atoms with Gasteiger partial charge in [-0.15, -0.1) is 13.2 Å². The lowest BCUT2D eigenvalue weighted by Crippen LogP contribution is -2.25. The lowest BCUT2D eigenvalue weighted by molar-refractivity contribution is -0.274. The minimum atomic E-state index is -4.88. The molecule has 1 N–H and O–H groups in total. The summed E-state index contributed by atoms with van der Waals surface area (Å²) < 4.78 is 64.0. The van der Waals surface area contributed by atoms with Gasteiger partial charge in [-0.1, -0.05) is 30.7 Å². The van der Waals surface area contributed by atoms with Gasteiger partial charge in [-0.05, 0) is 73.5 Å². The smallest absolute Gasteiger partial charge is 0.479 e. The number of carboxylic acids is 1. The quantitative estimate of drug-likeness (QED) is 0.237. The van der Waals surface area contributed by atoms with E-state index in [4.69, 9.17) is 16.3 Å². The molecule has 0 saturated carbocycles. The molecule has 0 fully saturated rings. The molecule has 0 aliphatic carbocycles. The highest BCUT2D eigenvalue weighted by atomic mass is 35.5. The number of alkyl halides is 3. The van der Waals surface area contributed by atoms with Gasteiger partial charge in [0.05, 0.1) is 21.2 Å². The Bertz CT molecular complexity index is 1500. The molecule has 0 saturated heterocycles. The Hall–Kier alpha value is -3.50. The van der Waals surface area contributed by atoms with E-state index in [0.29, 0.717) is 37.2 Å². The first-order valence-electron chi connectivity index (χ1n) is 11.5. The molecule has 0 amide bonds. The number of aliphatic carboxylic acids is 1. The summed E-state index contributed by atoms with van der Waals surface area (Å²) in [5, 5.41) is 10.1. The van der Waals surface area contributed by atoms with Crippen LogP contribution in [0.1, 0.15) is 24.6 Å². The molecule has 0 spiro atoms. The third-order valence-electron chi connectivity index (χ3n) is 5.85. The van der Waals surface area contributed by atoms with Gasteiger partial charge in [0, 0.05) is 27.5 Å². The Kier molecular flexibility index (Phi) is 8.03. The second kappa shape index (κ2) is 11.1. The van der Waals surface area contributed by atoms with Gasteiger partial charge in [-0.25, -0.2) is 9.00 Å². The van der Waals surface area contributed by atoms with Crippen LogP contribution in [0.25, 0.3) is 10.9 Å². The highest BCUT2D eigenvalue weighted by Gasteiger charge is 2.32. The molecule has 4 aromatic rings. The number of aromatic nitrogens is 1. The average molecular weight is 566 g/mol. The van der Waals surface area contributed by atoms with Crippen molar-refractivity contribution in [2.24, 2.45) is 0 Å². The molecule has 3 aromatic carbocycles. The molecule has 1 aromatic heterocycles. The van der Waals surface area contributed by atoms with Crippen LogP contribution in [0.4, 0.5) is 13.2 Å². The number of carbonyl (C=O) groups is 1. The Morgan fingerprint density at radius 2 is 1.79 bits per heavy atom. The molecule has 0 radical (unpaired) electrons. The van der Waals surface area contributed by atoms with Crippen LogP contribution < -0.4 is 9.47 Å². The van der Waals surface area contributed by atoms with Gasteiger partial charge < -0.3 is 19.1 Å². The topological polar surface area (TPSA) is 77.8 Å². The maximum absolute atomic E-state index is 13.6. The Labute approximate surface area is 224 Å². The molecule has 1 heterocycles. The van der Waals surface area contributed by atoms with Crippen LogP contribution >= 0.6 is 11.6 Å². The number of carboxylic acid groups (broad SMARTS) is 1. The highest BCUT2D eigenvalue weighted by molar-refractivity contribution is 7.85.